The van der Waals surface area contributed by atoms with Gasteiger partial charge in [0.05, 0.1) is 6.54 Å². The molecule has 0 bridgehead atoms. The molecule has 1 heterocycles. The number of anilines is 1. The van der Waals surface area contributed by atoms with Gasteiger partial charge in [0.1, 0.15) is 0 Å². The highest BCUT2D eigenvalue weighted by Crippen LogP contribution is 2.24. The molecule has 1 aromatic rings. The van der Waals surface area contributed by atoms with Gasteiger partial charge in [-0.05, 0) is 24.5 Å². The first kappa shape index (κ1) is 11.0. The Morgan fingerprint density at radius 3 is 2.75 bits per heavy atom. The number of rotatable bonds is 4. The first-order chi connectivity index (χ1) is 7.92. The van der Waals surface area contributed by atoms with Gasteiger partial charge in [0.25, 0.3) is 0 Å². The van der Waals surface area contributed by atoms with Gasteiger partial charge in [-0.3, -0.25) is 0 Å². The average molecular weight is 214 g/mol. The molecule has 0 spiro atoms. The minimum absolute atomic E-state index is 0.633. The van der Waals surface area contributed by atoms with Crippen molar-refractivity contribution in [3.05, 3.63) is 29.8 Å². The van der Waals surface area contributed by atoms with Crippen molar-refractivity contribution in [3.63, 3.8) is 0 Å². The Kier molecular flexibility index (Phi) is 3.85. The summed E-state index contributed by atoms with van der Waals surface area (Å²) in [6, 6.07) is 8.58. The summed E-state index contributed by atoms with van der Waals surface area (Å²) < 4.78 is 0. The summed E-state index contributed by atoms with van der Waals surface area (Å²) in [7, 11) is 0. The predicted octanol–water partition coefficient (Wildman–Crippen LogP) is 2.01. The van der Waals surface area contributed by atoms with Crippen LogP contribution in [0.15, 0.2) is 24.3 Å². The van der Waals surface area contributed by atoms with E-state index in [0.29, 0.717) is 6.54 Å². The lowest BCUT2D eigenvalue weighted by atomic mass is 10.1. The van der Waals surface area contributed by atoms with Gasteiger partial charge in [-0.2, -0.15) is 0 Å². The molecular formula is C14H18N2. The van der Waals surface area contributed by atoms with Crippen LogP contribution in [0.25, 0.3) is 0 Å². The minimum atomic E-state index is 0.633. The zero-order valence-electron chi connectivity index (χ0n) is 9.58. The molecular weight excluding hydrogens is 196 g/mol. The third-order valence-electron chi connectivity index (χ3n) is 2.98. The van der Waals surface area contributed by atoms with Crippen LogP contribution in [-0.2, 0) is 6.54 Å². The van der Waals surface area contributed by atoms with Crippen LogP contribution in [0.4, 0.5) is 5.69 Å². The highest BCUT2D eigenvalue weighted by Gasteiger charge is 2.14. The lowest BCUT2D eigenvalue weighted by Crippen LogP contribution is -2.21. The van der Waals surface area contributed by atoms with Crippen LogP contribution >= 0.6 is 0 Å². The molecule has 0 aromatic heterocycles. The fraction of sp³-hybridized carbons (Fsp3) is 0.429. The molecule has 1 aliphatic rings. The summed E-state index contributed by atoms with van der Waals surface area (Å²) in [6.07, 6.45) is 7.85. The molecule has 0 atom stereocenters. The van der Waals surface area contributed by atoms with E-state index in [1.54, 1.807) is 0 Å². The van der Waals surface area contributed by atoms with Crippen LogP contribution in [-0.4, -0.2) is 19.6 Å². The standard InChI is InChI=1S/C14H18N2/c1-2-9-15-12-13-7-3-4-8-14(13)16-10-5-6-11-16/h1,3-4,7-8,15H,5-6,9-12H2. The van der Waals surface area contributed by atoms with Gasteiger partial charge in [0.2, 0.25) is 0 Å². The van der Waals surface area contributed by atoms with Gasteiger partial charge in [-0.15, -0.1) is 6.42 Å². The zero-order valence-corrected chi connectivity index (χ0v) is 9.58. The molecule has 1 aliphatic heterocycles. The van der Waals surface area contributed by atoms with E-state index >= 15 is 0 Å². The monoisotopic (exact) mass is 214 g/mol. The lowest BCUT2D eigenvalue weighted by molar-refractivity contribution is 0.765. The Bertz CT molecular complexity index is 373. The molecule has 1 N–H and O–H groups in total. The Balaban J connectivity index is 2.07. The topological polar surface area (TPSA) is 15.3 Å². The van der Waals surface area contributed by atoms with Crippen LogP contribution in [0.3, 0.4) is 0 Å². The van der Waals surface area contributed by atoms with E-state index in [2.05, 4.69) is 40.4 Å². The largest absolute Gasteiger partial charge is 0.371 e. The Morgan fingerprint density at radius 1 is 1.25 bits per heavy atom. The maximum atomic E-state index is 5.23. The van der Waals surface area contributed by atoms with Crippen molar-refractivity contribution in [3.8, 4) is 12.3 Å². The van der Waals surface area contributed by atoms with Crippen LogP contribution < -0.4 is 10.2 Å². The van der Waals surface area contributed by atoms with Gasteiger partial charge in [-0.25, -0.2) is 0 Å². The zero-order chi connectivity index (χ0) is 11.2. The van der Waals surface area contributed by atoms with Crippen molar-refractivity contribution in [2.24, 2.45) is 0 Å². The Morgan fingerprint density at radius 2 is 2.00 bits per heavy atom. The summed E-state index contributed by atoms with van der Waals surface area (Å²) >= 11 is 0. The van der Waals surface area contributed by atoms with Crippen molar-refractivity contribution in [1.82, 2.24) is 5.32 Å². The molecule has 1 aromatic carbocycles. The molecule has 2 heteroatoms. The minimum Gasteiger partial charge on any atom is -0.371 e. The Hall–Kier alpha value is -1.46. The summed E-state index contributed by atoms with van der Waals surface area (Å²) in [6.45, 7) is 3.86. The van der Waals surface area contributed by atoms with Crippen LogP contribution in [0, 0.1) is 12.3 Å². The highest BCUT2D eigenvalue weighted by molar-refractivity contribution is 5.54. The first-order valence-electron chi connectivity index (χ1n) is 5.89. The second kappa shape index (κ2) is 5.58. The molecule has 0 saturated carbocycles. The maximum Gasteiger partial charge on any atom is 0.0576 e. The van der Waals surface area contributed by atoms with Crippen LogP contribution in [0.5, 0.6) is 0 Å². The lowest BCUT2D eigenvalue weighted by Gasteiger charge is -2.21. The number of terminal acetylenes is 1. The number of para-hydroxylation sites is 1. The molecule has 0 radical (unpaired) electrons. The van der Waals surface area contributed by atoms with Crippen LogP contribution in [0.2, 0.25) is 0 Å². The summed E-state index contributed by atoms with van der Waals surface area (Å²) in [5.41, 5.74) is 2.71. The molecule has 1 saturated heterocycles. The fourth-order valence-corrected chi connectivity index (χ4v) is 2.20. The van der Waals surface area contributed by atoms with E-state index in [0.717, 1.165) is 6.54 Å². The van der Waals surface area contributed by atoms with Crippen molar-refractivity contribution < 1.29 is 0 Å². The van der Waals surface area contributed by atoms with Gasteiger partial charge in [0, 0.05) is 25.3 Å². The third kappa shape index (κ3) is 2.56. The predicted molar refractivity (Wildman–Crippen MR) is 68.4 cm³/mol. The number of hydrogen-bond donors (Lipinski definition) is 1. The highest BCUT2D eigenvalue weighted by atomic mass is 15.1. The normalized spacial score (nSPS) is 15.1. The molecule has 2 nitrogen and oxygen atoms in total. The SMILES string of the molecule is C#CCNCc1ccccc1N1CCCC1. The van der Waals surface area contributed by atoms with Crippen molar-refractivity contribution >= 4 is 5.69 Å². The number of hydrogen-bond acceptors (Lipinski definition) is 2. The van der Waals surface area contributed by atoms with Gasteiger partial charge in [-0.1, -0.05) is 24.1 Å². The van der Waals surface area contributed by atoms with Gasteiger partial charge < -0.3 is 10.2 Å². The quantitative estimate of drug-likeness (QED) is 0.609. The van der Waals surface area contributed by atoms with E-state index in [4.69, 9.17) is 6.42 Å². The van der Waals surface area contributed by atoms with Crippen molar-refractivity contribution in [1.29, 1.82) is 0 Å². The van der Waals surface area contributed by atoms with E-state index in [1.165, 1.54) is 37.2 Å². The molecule has 0 unspecified atom stereocenters. The molecule has 2 rings (SSSR count). The number of nitrogens with zero attached hydrogens (tertiary/aromatic N) is 1. The molecule has 0 aliphatic carbocycles. The fourth-order valence-electron chi connectivity index (χ4n) is 2.20. The van der Waals surface area contributed by atoms with Crippen molar-refractivity contribution in [2.75, 3.05) is 24.5 Å². The molecule has 84 valence electrons. The summed E-state index contributed by atoms with van der Waals surface area (Å²) in [5.74, 6) is 2.60. The molecule has 1 fully saturated rings. The second-order valence-electron chi connectivity index (χ2n) is 4.13. The van der Waals surface area contributed by atoms with E-state index in [1.807, 2.05) is 0 Å². The number of nitrogens with one attached hydrogen (secondary N) is 1. The Labute approximate surface area is 97.7 Å². The van der Waals surface area contributed by atoms with E-state index < -0.39 is 0 Å². The van der Waals surface area contributed by atoms with E-state index in [-0.39, 0.29) is 0 Å². The second-order valence-corrected chi connectivity index (χ2v) is 4.13. The maximum absolute atomic E-state index is 5.23. The third-order valence-corrected chi connectivity index (χ3v) is 2.98. The smallest absolute Gasteiger partial charge is 0.0576 e. The van der Waals surface area contributed by atoms with Crippen LogP contribution in [0.1, 0.15) is 18.4 Å². The summed E-state index contributed by atoms with van der Waals surface area (Å²) in [5, 5.41) is 3.25. The average Bonchev–Trinajstić information content (AvgIpc) is 2.83. The number of benzene rings is 1. The summed E-state index contributed by atoms with van der Waals surface area (Å²) in [4.78, 5) is 2.47. The van der Waals surface area contributed by atoms with Gasteiger partial charge >= 0.3 is 0 Å². The molecule has 16 heavy (non-hydrogen) atoms. The van der Waals surface area contributed by atoms with Gasteiger partial charge in [0.15, 0.2) is 0 Å². The first-order valence-corrected chi connectivity index (χ1v) is 5.89. The van der Waals surface area contributed by atoms with Crippen molar-refractivity contribution in [2.45, 2.75) is 19.4 Å². The molecule has 0 amide bonds. The van der Waals surface area contributed by atoms with E-state index in [9.17, 15) is 0 Å².